The average Bonchev–Trinajstić information content (AvgIpc) is 2.56. The van der Waals surface area contributed by atoms with E-state index in [-0.39, 0.29) is 16.8 Å². The van der Waals surface area contributed by atoms with Crippen molar-refractivity contribution >= 4 is 21.7 Å². The molecular formula is C18H19BrN4O2. The van der Waals surface area contributed by atoms with Crippen molar-refractivity contribution < 1.29 is 0 Å². The molecule has 0 atom stereocenters. The van der Waals surface area contributed by atoms with E-state index in [1.54, 1.807) is 7.05 Å². The molecule has 130 valence electrons. The minimum absolute atomic E-state index is 0.0340. The smallest absolute Gasteiger partial charge is 0.332 e. The van der Waals surface area contributed by atoms with Crippen LogP contribution >= 0.6 is 15.9 Å². The Hall–Kier alpha value is -2.33. The van der Waals surface area contributed by atoms with Crippen LogP contribution in [-0.4, -0.2) is 15.7 Å². The van der Waals surface area contributed by atoms with Crippen molar-refractivity contribution in [3.05, 3.63) is 60.7 Å². The van der Waals surface area contributed by atoms with E-state index in [4.69, 9.17) is 0 Å². The lowest BCUT2D eigenvalue weighted by molar-refractivity contribution is 0.259. The van der Waals surface area contributed by atoms with E-state index in [9.17, 15) is 14.9 Å². The van der Waals surface area contributed by atoms with E-state index >= 15 is 0 Å². The topological polar surface area (TPSA) is 79.8 Å². The number of anilines is 1. The van der Waals surface area contributed by atoms with E-state index in [1.165, 1.54) is 17.2 Å². The maximum Gasteiger partial charge on any atom is 0.332 e. The molecule has 1 saturated carbocycles. The molecule has 1 aliphatic rings. The Balaban J connectivity index is 1.98. The van der Waals surface area contributed by atoms with Gasteiger partial charge in [0.25, 0.3) is 5.56 Å². The molecular weight excluding hydrogens is 384 g/mol. The summed E-state index contributed by atoms with van der Waals surface area (Å²) in [6.45, 7) is 0.568. The highest BCUT2D eigenvalue weighted by molar-refractivity contribution is 9.10. The van der Waals surface area contributed by atoms with Crippen LogP contribution in [0.5, 0.6) is 0 Å². The fraction of sp³-hybridized carbons (Fsp3) is 0.389. The summed E-state index contributed by atoms with van der Waals surface area (Å²) in [6.07, 6.45) is 3.18. The lowest BCUT2D eigenvalue weighted by Crippen LogP contribution is -2.44. The summed E-state index contributed by atoms with van der Waals surface area (Å²) in [5.41, 5.74) is 0.115. The van der Waals surface area contributed by atoms with Crippen molar-refractivity contribution in [3.63, 3.8) is 0 Å². The highest BCUT2D eigenvalue weighted by atomic mass is 79.9. The van der Waals surface area contributed by atoms with Gasteiger partial charge < -0.3 is 5.32 Å². The molecule has 2 aromatic rings. The Morgan fingerprint density at radius 3 is 2.56 bits per heavy atom. The highest BCUT2D eigenvalue weighted by Gasteiger charge is 2.39. The number of hydrogen-bond acceptors (Lipinski definition) is 4. The van der Waals surface area contributed by atoms with Gasteiger partial charge in [-0.25, -0.2) is 4.79 Å². The number of nitrogens with one attached hydrogen (secondary N) is 1. The van der Waals surface area contributed by atoms with Gasteiger partial charge in [-0.1, -0.05) is 34.5 Å². The van der Waals surface area contributed by atoms with Crippen LogP contribution in [0.15, 0.2) is 38.3 Å². The summed E-state index contributed by atoms with van der Waals surface area (Å²) in [4.78, 5) is 24.4. The van der Waals surface area contributed by atoms with Gasteiger partial charge in [-0.05, 0) is 30.5 Å². The molecule has 1 N–H and O–H groups in total. The second kappa shape index (κ2) is 6.52. The van der Waals surface area contributed by atoms with Gasteiger partial charge in [0.1, 0.15) is 11.9 Å². The predicted molar refractivity (Wildman–Crippen MR) is 99.8 cm³/mol. The Bertz CT molecular complexity index is 980. The van der Waals surface area contributed by atoms with Crippen LogP contribution in [0.1, 0.15) is 30.4 Å². The number of nitrogens with zero attached hydrogens (tertiary/aromatic N) is 3. The molecule has 3 rings (SSSR count). The van der Waals surface area contributed by atoms with Gasteiger partial charge >= 0.3 is 5.69 Å². The van der Waals surface area contributed by atoms with Gasteiger partial charge in [-0.3, -0.25) is 13.9 Å². The number of nitriles is 1. The molecule has 0 radical (unpaired) electrons. The zero-order valence-electron chi connectivity index (χ0n) is 14.2. The van der Waals surface area contributed by atoms with E-state index in [1.807, 2.05) is 18.2 Å². The number of aromatic nitrogens is 2. The Morgan fingerprint density at radius 1 is 1.28 bits per heavy atom. The van der Waals surface area contributed by atoms with Crippen molar-refractivity contribution in [1.29, 1.82) is 5.26 Å². The van der Waals surface area contributed by atoms with Gasteiger partial charge in [-0.15, -0.1) is 0 Å². The van der Waals surface area contributed by atoms with Gasteiger partial charge in [0.2, 0.25) is 0 Å². The lowest BCUT2D eigenvalue weighted by Gasteiger charge is -2.43. The van der Waals surface area contributed by atoms with Crippen LogP contribution < -0.4 is 16.6 Å². The Kier molecular flexibility index (Phi) is 4.56. The first-order valence-corrected chi connectivity index (χ1v) is 8.89. The first-order valence-electron chi connectivity index (χ1n) is 8.10. The number of rotatable bonds is 4. The molecule has 1 heterocycles. The Morgan fingerprint density at radius 2 is 2.00 bits per heavy atom. The van der Waals surface area contributed by atoms with Gasteiger partial charge in [-0.2, -0.15) is 5.26 Å². The number of benzene rings is 1. The minimum Gasteiger partial charge on any atom is -0.369 e. The SMILES string of the molecule is Cn1c(NCC2(c3cccc(Br)c3)CCC2)c(C#N)c(=O)n(C)c1=O. The summed E-state index contributed by atoms with van der Waals surface area (Å²) >= 11 is 3.51. The average molecular weight is 403 g/mol. The third kappa shape index (κ3) is 2.91. The van der Waals surface area contributed by atoms with E-state index < -0.39 is 11.2 Å². The van der Waals surface area contributed by atoms with Crippen molar-refractivity contribution in [2.45, 2.75) is 24.7 Å². The second-order valence-corrected chi connectivity index (χ2v) is 7.45. The molecule has 7 heteroatoms. The first-order chi connectivity index (χ1) is 11.9. The number of halogens is 1. The molecule has 25 heavy (non-hydrogen) atoms. The van der Waals surface area contributed by atoms with E-state index in [2.05, 4.69) is 33.4 Å². The quantitative estimate of drug-likeness (QED) is 0.850. The molecule has 0 amide bonds. The van der Waals surface area contributed by atoms with Crippen LogP contribution in [0, 0.1) is 11.3 Å². The molecule has 1 aromatic carbocycles. The maximum absolute atomic E-state index is 12.2. The van der Waals surface area contributed by atoms with Gasteiger partial charge in [0.15, 0.2) is 5.56 Å². The third-order valence-corrected chi connectivity index (χ3v) is 5.61. The van der Waals surface area contributed by atoms with E-state index in [0.717, 1.165) is 28.3 Å². The molecule has 6 nitrogen and oxygen atoms in total. The summed E-state index contributed by atoms with van der Waals surface area (Å²) in [5.74, 6) is 0.289. The summed E-state index contributed by atoms with van der Waals surface area (Å²) < 4.78 is 3.31. The van der Waals surface area contributed by atoms with Crippen LogP contribution in [0.3, 0.4) is 0 Å². The van der Waals surface area contributed by atoms with Gasteiger partial charge in [0.05, 0.1) is 0 Å². The maximum atomic E-state index is 12.2. The van der Waals surface area contributed by atoms with Crippen molar-refractivity contribution in [2.24, 2.45) is 14.1 Å². The zero-order valence-corrected chi connectivity index (χ0v) is 15.8. The minimum atomic E-state index is -0.571. The molecule has 1 aliphatic carbocycles. The van der Waals surface area contributed by atoms with Crippen LogP contribution in [0.4, 0.5) is 5.82 Å². The van der Waals surface area contributed by atoms with Crippen LogP contribution in [-0.2, 0) is 19.5 Å². The van der Waals surface area contributed by atoms with Crippen LogP contribution in [0.2, 0.25) is 0 Å². The summed E-state index contributed by atoms with van der Waals surface area (Å²) in [7, 11) is 2.95. The molecule has 0 saturated heterocycles. The predicted octanol–water partition coefficient (Wildman–Crippen LogP) is 2.25. The van der Waals surface area contributed by atoms with E-state index in [0.29, 0.717) is 6.54 Å². The summed E-state index contributed by atoms with van der Waals surface area (Å²) in [6, 6.07) is 10.1. The molecule has 0 spiro atoms. The largest absolute Gasteiger partial charge is 0.369 e. The lowest BCUT2D eigenvalue weighted by atomic mass is 9.64. The monoisotopic (exact) mass is 402 g/mol. The van der Waals surface area contributed by atoms with Gasteiger partial charge in [0, 0.05) is 30.5 Å². The number of hydrogen-bond donors (Lipinski definition) is 1. The normalized spacial score (nSPS) is 15.3. The highest BCUT2D eigenvalue weighted by Crippen LogP contribution is 2.44. The third-order valence-electron chi connectivity index (χ3n) is 5.12. The molecule has 0 unspecified atom stereocenters. The van der Waals surface area contributed by atoms with Crippen molar-refractivity contribution in [3.8, 4) is 6.07 Å². The molecule has 1 fully saturated rings. The first kappa shape index (κ1) is 17.5. The fourth-order valence-corrected chi connectivity index (χ4v) is 3.79. The Labute approximate surface area is 153 Å². The van der Waals surface area contributed by atoms with Crippen molar-refractivity contribution in [2.75, 3.05) is 11.9 Å². The molecule has 0 aliphatic heterocycles. The van der Waals surface area contributed by atoms with Crippen molar-refractivity contribution in [1.82, 2.24) is 9.13 Å². The van der Waals surface area contributed by atoms with Crippen LogP contribution in [0.25, 0.3) is 0 Å². The summed E-state index contributed by atoms with van der Waals surface area (Å²) in [5, 5.41) is 12.6. The zero-order chi connectivity index (χ0) is 18.2. The standard InChI is InChI=1S/C18H19BrN4O2/c1-22-15(14(10-20)16(24)23(2)17(22)25)21-11-18(7-4-8-18)12-5-3-6-13(19)9-12/h3,5-6,9,21H,4,7-8,11H2,1-2H3. The molecule has 1 aromatic heterocycles. The fourth-order valence-electron chi connectivity index (χ4n) is 3.39. The second-order valence-electron chi connectivity index (χ2n) is 6.54. The molecule has 0 bridgehead atoms.